The summed E-state index contributed by atoms with van der Waals surface area (Å²) in [7, 11) is 0. The highest BCUT2D eigenvalue weighted by Gasteiger charge is 2.10. The molecule has 0 unspecified atom stereocenters. The highest BCUT2D eigenvalue weighted by molar-refractivity contribution is 5.67. The van der Waals surface area contributed by atoms with Crippen molar-refractivity contribution in [1.29, 1.82) is 0 Å². The zero-order valence-corrected chi connectivity index (χ0v) is 10.5. The van der Waals surface area contributed by atoms with E-state index in [0.29, 0.717) is 0 Å². The van der Waals surface area contributed by atoms with E-state index in [0.717, 1.165) is 13.0 Å². The van der Waals surface area contributed by atoms with E-state index in [-0.39, 0.29) is 0 Å². The number of aromatic amines is 1. The number of hydrogen-bond donors (Lipinski definition) is 2. The van der Waals surface area contributed by atoms with E-state index in [2.05, 4.69) is 51.1 Å². The number of allylic oxidation sites excluding steroid dienone is 1. The molecule has 0 saturated heterocycles. The smallest absolute Gasteiger partial charge is 0.0647 e. The molecule has 1 rings (SSSR count). The van der Waals surface area contributed by atoms with Gasteiger partial charge >= 0.3 is 0 Å². The fourth-order valence-corrected chi connectivity index (χ4v) is 1.86. The van der Waals surface area contributed by atoms with Crippen molar-refractivity contribution in [2.45, 2.75) is 41.0 Å². The van der Waals surface area contributed by atoms with E-state index >= 15 is 0 Å². The third kappa shape index (κ3) is 2.44. The predicted octanol–water partition coefficient (Wildman–Crippen LogP) is 3.25. The highest BCUT2D eigenvalue weighted by atomic mass is 14.9. The Morgan fingerprint density at radius 2 is 2.00 bits per heavy atom. The van der Waals surface area contributed by atoms with E-state index in [1.54, 1.807) is 0 Å². The van der Waals surface area contributed by atoms with E-state index in [9.17, 15) is 0 Å². The first kappa shape index (κ1) is 11.9. The average Bonchev–Trinajstić information content (AvgIpc) is 2.55. The predicted molar refractivity (Wildman–Crippen MR) is 66.9 cm³/mol. The fourth-order valence-electron chi connectivity index (χ4n) is 1.86. The maximum absolute atomic E-state index is 3.42. The molecule has 0 aliphatic rings. The second-order valence-corrected chi connectivity index (χ2v) is 4.07. The topological polar surface area (TPSA) is 27.8 Å². The third-order valence-electron chi connectivity index (χ3n) is 2.73. The molecule has 2 heteroatoms. The summed E-state index contributed by atoms with van der Waals surface area (Å²) in [6, 6.07) is 0. The molecule has 1 aromatic heterocycles. The Hall–Kier alpha value is -1.18. The third-order valence-corrected chi connectivity index (χ3v) is 2.73. The lowest BCUT2D eigenvalue weighted by Gasteiger charge is -2.11. The molecule has 84 valence electrons. The Morgan fingerprint density at radius 1 is 1.33 bits per heavy atom. The molecule has 0 amide bonds. The Balaban J connectivity index is 3.13. The molecule has 0 saturated carbocycles. The molecule has 15 heavy (non-hydrogen) atoms. The standard InChI is InChI=1S/C13H22N2/c1-6-11-8-15-13(10(11)5)12(9(3)4)14-7-2/h8,14-15H,6-7H2,1-5H3. The first-order valence-corrected chi connectivity index (χ1v) is 5.70. The molecule has 0 atom stereocenters. The van der Waals surface area contributed by atoms with Crippen LogP contribution in [0.25, 0.3) is 5.70 Å². The maximum atomic E-state index is 3.42. The first-order valence-electron chi connectivity index (χ1n) is 5.70. The van der Waals surface area contributed by atoms with E-state index < -0.39 is 0 Å². The summed E-state index contributed by atoms with van der Waals surface area (Å²) < 4.78 is 0. The quantitative estimate of drug-likeness (QED) is 0.777. The van der Waals surface area contributed by atoms with E-state index in [4.69, 9.17) is 0 Å². The average molecular weight is 206 g/mol. The minimum absolute atomic E-state index is 0.959. The summed E-state index contributed by atoms with van der Waals surface area (Å²) in [6.07, 6.45) is 3.20. The lowest BCUT2D eigenvalue weighted by Crippen LogP contribution is -2.13. The van der Waals surface area contributed by atoms with Crippen LogP contribution in [-0.4, -0.2) is 11.5 Å². The van der Waals surface area contributed by atoms with Crippen LogP contribution < -0.4 is 5.32 Å². The van der Waals surface area contributed by atoms with Crippen LogP contribution in [0.5, 0.6) is 0 Å². The van der Waals surface area contributed by atoms with Crippen molar-refractivity contribution in [3.63, 3.8) is 0 Å². The van der Waals surface area contributed by atoms with Gasteiger partial charge in [0.15, 0.2) is 0 Å². The number of aromatic nitrogens is 1. The van der Waals surface area contributed by atoms with Gasteiger partial charge in [-0.2, -0.15) is 0 Å². The molecule has 0 aliphatic heterocycles. The normalized spacial score (nSPS) is 10.2. The molecule has 0 fully saturated rings. The number of rotatable bonds is 4. The van der Waals surface area contributed by atoms with Gasteiger partial charge in [0.2, 0.25) is 0 Å². The summed E-state index contributed by atoms with van der Waals surface area (Å²) in [5, 5.41) is 3.42. The monoisotopic (exact) mass is 206 g/mol. The van der Waals surface area contributed by atoms with Gasteiger partial charge in [-0.1, -0.05) is 12.5 Å². The molecule has 2 N–H and O–H groups in total. The largest absolute Gasteiger partial charge is 0.384 e. The minimum Gasteiger partial charge on any atom is -0.384 e. The summed E-state index contributed by atoms with van der Waals surface area (Å²) in [6.45, 7) is 11.7. The Kier molecular flexibility index (Phi) is 4.01. The van der Waals surface area contributed by atoms with Crippen molar-refractivity contribution in [1.82, 2.24) is 10.3 Å². The molecule has 1 heterocycles. The Bertz CT molecular complexity index is 355. The lowest BCUT2D eigenvalue weighted by molar-refractivity contribution is 0.920. The van der Waals surface area contributed by atoms with Gasteiger partial charge < -0.3 is 10.3 Å². The molecule has 2 nitrogen and oxygen atoms in total. The van der Waals surface area contributed by atoms with Crippen LogP contribution in [0.15, 0.2) is 11.8 Å². The van der Waals surface area contributed by atoms with E-state index in [1.807, 2.05) is 0 Å². The SMILES string of the molecule is CCNC(=C(C)C)c1[nH]cc(CC)c1C. The van der Waals surface area contributed by atoms with Crippen LogP contribution in [0.3, 0.4) is 0 Å². The van der Waals surface area contributed by atoms with Gasteiger partial charge in [0.05, 0.1) is 11.4 Å². The highest BCUT2D eigenvalue weighted by Crippen LogP contribution is 2.21. The molecule has 0 aliphatic carbocycles. The van der Waals surface area contributed by atoms with Crippen LogP contribution in [0.1, 0.15) is 44.5 Å². The Morgan fingerprint density at radius 3 is 2.40 bits per heavy atom. The maximum Gasteiger partial charge on any atom is 0.0647 e. The first-order chi connectivity index (χ1) is 7.11. The number of hydrogen-bond acceptors (Lipinski definition) is 1. The second-order valence-electron chi connectivity index (χ2n) is 4.07. The van der Waals surface area contributed by atoms with Crippen LogP contribution in [-0.2, 0) is 6.42 Å². The number of nitrogens with one attached hydrogen (secondary N) is 2. The van der Waals surface area contributed by atoms with E-state index in [1.165, 1.54) is 28.1 Å². The lowest BCUT2D eigenvalue weighted by atomic mass is 10.1. The molecular formula is C13H22N2. The van der Waals surface area contributed by atoms with Crippen molar-refractivity contribution in [2.75, 3.05) is 6.54 Å². The molecular weight excluding hydrogens is 184 g/mol. The van der Waals surface area contributed by atoms with Gasteiger partial charge in [0.25, 0.3) is 0 Å². The van der Waals surface area contributed by atoms with Crippen molar-refractivity contribution < 1.29 is 0 Å². The number of aryl methyl sites for hydroxylation is 1. The molecule has 0 spiro atoms. The summed E-state index contributed by atoms with van der Waals surface area (Å²) >= 11 is 0. The fraction of sp³-hybridized carbons (Fsp3) is 0.538. The van der Waals surface area contributed by atoms with Crippen LogP contribution in [0, 0.1) is 6.92 Å². The van der Waals surface area contributed by atoms with Crippen LogP contribution in [0.2, 0.25) is 0 Å². The molecule has 0 radical (unpaired) electrons. The van der Waals surface area contributed by atoms with Gasteiger partial charge in [-0.3, -0.25) is 0 Å². The summed E-state index contributed by atoms with van der Waals surface area (Å²) in [5.74, 6) is 0. The van der Waals surface area contributed by atoms with Gasteiger partial charge in [-0.25, -0.2) is 0 Å². The van der Waals surface area contributed by atoms with Crippen molar-refractivity contribution in [2.24, 2.45) is 0 Å². The number of H-pyrrole nitrogens is 1. The van der Waals surface area contributed by atoms with Crippen molar-refractivity contribution >= 4 is 5.70 Å². The van der Waals surface area contributed by atoms with Crippen molar-refractivity contribution in [3.05, 3.63) is 28.6 Å². The molecule has 0 aromatic carbocycles. The Labute approximate surface area is 92.8 Å². The molecule has 0 bridgehead atoms. The van der Waals surface area contributed by atoms with Gasteiger partial charge in [-0.05, 0) is 45.2 Å². The van der Waals surface area contributed by atoms with Crippen LogP contribution >= 0.6 is 0 Å². The second kappa shape index (κ2) is 5.06. The zero-order valence-electron chi connectivity index (χ0n) is 10.5. The summed E-state index contributed by atoms with van der Waals surface area (Å²) in [5.41, 5.74) is 6.59. The van der Waals surface area contributed by atoms with Crippen molar-refractivity contribution in [3.8, 4) is 0 Å². The van der Waals surface area contributed by atoms with Crippen LogP contribution in [0.4, 0.5) is 0 Å². The zero-order chi connectivity index (χ0) is 11.4. The minimum atomic E-state index is 0.959. The molecule has 1 aromatic rings. The van der Waals surface area contributed by atoms with Gasteiger partial charge in [-0.15, -0.1) is 0 Å². The van der Waals surface area contributed by atoms with Gasteiger partial charge in [0, 0.05) is 12.7 Å². The summed E-state index contributed by atoms with van der Waals surface area (Å²) in [4.78, 5) is 3.37. The van der Waals surface area contributed by atoms with Gasteiger partial charge in [0.1, 0.15) is 0 Å².